The minimum Gasteiger partial charge on any atom is -0.508 e. The van der Waals surface area contributed by atoms with Crippen molar-refractivity contribution < 1.29 is 5.11 Å². The Morgan fingerprint density at radius 1 is 1.25 bits per heavy atom. The monoisotopic (exact) mass is 332 g/mol. The number of likely N-dealkylation sites (tertiary alicyclic amines) is 1. The highest BCUT2D eigenvalue weighted by Gasteiger charge is 2.17. The molecule has 2 rings (SSSR count). The molecule has 1 unspecified atom stereocenters. The smallest absolute Gasteiger partial charge is 0.191 e. The summed E-state index contributed by atoms with van der Waals surface area (Å²) < 4.78 is 0. The highest BCUT2D eigenvalue weighted by Crippen LogP contribution is 2.16. The summed E-state index contributed by atoms with van der Waals surface area (Å²) in [6.45, 7) is 9.22. The van der Waals surface area contributed by atoms with Crippen LogP contribution in [-0.4, -0.2) is 48.2 Å². The number of piperidine rings is 1. The fourth-order valence-electron chi connectivity index (χ4n) is 3.09. The Morgan fingerprint density at radius 3 is 2.75 bits per heavy atom. The van der Waals surface area contributed by atoms with Gasteiger partial charge < -0.3 is 20.6 Å². The van der Waals surface area contributed by atoms with E-state index in [4.69, 9.17) is 0 Å². The van der Waals surface area contributed by atoms with Crippen molar-refractivity contribution in [1.29, 1.82) is 0 Å². The van der Waals surface area contributed by atoms with E-state index in [1.807, 2.05) is 12.1 Å². The Bertz CT molecular complexity index is 501. The van der Waals surface area contributed by atoms with Crippen LogP contribution >= 0.6 is 0 Å². The molecule has 0 saturated carbocycles. The second kappa shape index (κ2) is 10.2. The number of nitrogens with one attached hydrogen (secondary N) is 2. The van der Waals surface area contributed by atoms with Crippen molar-refractivity contribution in [2.24, 2.45) is 4.99 Å². The van der Waals surface area contributed by atoms with Crippen LogP contribution in [0.2, 0.25) is 0 Å². The van der Waals surface area contributed by atoms with E-state index in [0.29, 0.717) is 12.3 Å². The molecule has 1 atom stereocenters. The molecule has 0 spiro atoms. The molecule has 1 fully saturated rings. The molecule has 3 N–H and O–H groups in total. The molecule has 0 bridgehead atoms. The number of aliphatic imine (C=N–C) groups is 1. The summed E-state index contributed by atoms with van der Waals surface area (Å²) in [5, 5.41) is 16.0. The molecule has 1 heterocycles. The van der Waals surface area contributed by atoms with Crippen molar-refractivity contribution in [3.05, 3.63) is 29.8 Å². The number of guanidine groups is 1. The van der Waals surface area contributed by atoms with Crippen molar-refractivity contribution in [2.45, 2.75) is 52.1 Å². The molecule has 0 radical (unpaired) electrons. The Hall–Kier alpha value is -1.75. The number of phenols is 1. The van der Waals surface area contributed by atoms with E-state index in [0.717, 1.165) is 43.6 Å². The summed E-state index contributed by atoms with van der Waals surface area (Å²) in [5.74, 6) is 1.15. The van der Waals surface area contributed by atoms with Crippen molar-refractivity contribution in [2.75, 3.05) is 26.2 Å². The number of benzene rings is 1. The molecule has 134 valence electrons. The summed E-state index contributed by atoms with van der Waals surface area (Å²) in [6.07, 6.45) is 5.19. The maximum Gasteiger partial charge on any atom is 0.191 e. The lowest BCUT2D eigenvalue weighted by atomic mass is 10.0. The van der Waals surface area contributed by atoms with Crippen LogP contribution in [-0.2, 0) is 6.54 Å². The predicted molar refractivity (Wildman–Crippen MR) is 100 cm³/mol. The van der Waals surface area contributed by atoms with E-state index in [1.165, 1.54) is 25.8 Å². The van der Waals surface area contributed by atoms with Crippen LogP contribution < -0.4 is 10.6 Å². The first-order valence-corrected chi connectivity index (χ1v) is 9.23. The van der Waals surface area contributed by atoms with Gasteiger partial charge in [-0.15, -0.1) is 0 Å². The first-order valence-electron chi connectivity index (χ1n) is 9.23. The standard InChI is InChI=1S/C19H32N4O/c1-3-20-19(22-15-17-8-10-18(24)11-9-17)21-12-6-14-23-13-5-4-7-16(23)2/h8-11,16,24H,3-7,12-15H2,1-2H3,(H2,20,21,22). The van der Waals surface area contributed by atoms with Crippen LogP contribution in [0.25, 0.3) is 0 Å². The van der Waals surface area contributed by atoms with Gasteiger partial charge in [0.1, 0.15) is 5.75 Å². The highest BCUT2D eigenvalue weighted by molar-refractivity contribution is 5.79. The molecule has 0 aromatic heterocycles. The zero-order valence-electron chi connectivity index (χ0n) is 15.1. The first-order chi connectivity index (χ1) is 11.7. The summed E-state index contributed by atoms with van der Waals surface area (Å²) >= 11 is 0. The van der Waals surface area contributed by atoms with Crippen LogP contribution in [0, 0.1) is 0 Å². The minimum atomic E-state index is 0.291. The van der Waals surface area contributed by atoms with Crippen LogP contribution in [0.1, 0.15) is 45.1 Å². The molecule has 0 amide bonds. The second-order valence-electron chi connectivity index (χ2n) is 6.52. The molecule has 1 aliphatic rings. The molecule has 0 aliphatic carbocycles. The van der Waals surface area contributed by atoms with Gasteiger partial charge in [0.05, 0.1) is 6.54 Å². The average Bonchev–Trinajstić information content (AvgIpc) is 2.59. The van der Waals surface area contributed by atoms with Gasteiger partial charge in [-0.3, -0.25) is 0 Å². The van der Waals surface area contributed by atoms with Crippen LogP contribution in [0.4, 0.5) is 0 Å². The SMILES string of the molecule is CCNC(=NCc1ccc(O)cc1)NCCCN1CCCCC1C. The highest BCUT2D eigenvalue weighted by atomic mass is 16.3. The van der Waals surface area contributed by atoms with Gasteiger partial charge in [-0.1, -0.05) is 18.6 Å². The predicted octanol–water partition coefficient (Wildman–Crippen LogP) is 2.71. The van der Waals surface area contributed by atoms with Gasteiger partial charge in [-0.05, 0) is 57.4 Å². The van der Waals surface area contributed by atoms with E-state index in [9.17, 15) is 5.11 Å². The van der Waals surface area contributed by atoms with Gasteiger partial charge in [0.25, 0.3) is 0 Å². The van der Waals surface area contributed by atoms with Gasteiger partial charge >= 0.3 is 0 Å². The molecule has 5 heteroatoms. The second-order valence-corrected chi connectivity index (χ2v) is 6.52. The van der Waals surface area contributed by atoms with Crippen molar-refractivity contribution in [3.63, 3.8) is 0 Å². The quantitative estimate of drug-likeness (QED) is 0.408. The van der Waals surface area contributed by atoms with Crippen LogP contribution in [0.3, 0.4) is 0 Å². The third kappa shape index (κ3) is 6.40. The lowest BCUT2D eigenvalue weighted by molar-refractivity contribution is 0.159. The fraction of sp³-hybridized carbons (Fsp3) is 0.632. The maximum atomic E-state index is 9.32. The maximum absolute atomic E-state index is 9.32. The Labute approximate surface area is 146 Å². The summed E-state index contributed by atoms with van der Waals surface area (Å²) in [5.41, 5.74) is 1.09. The van der Waals surface area contributed by atoms with Crippen molar-refractivity contribution in [3.8, 4) is 5.75 Å². The van der Waals surface area contributed by atoms with E-state index < -0.39 is 0 Å². The number of hydrogen-bond donors (Lipinski definition) is 3. The number of aromatic hydroxyl groups is 1. The Balaban J connectivity index is 1.73. The van der Waals surface area contributed by atoms with Gasteiger partial charge in [-0.25, -0.2) is 4.99 Å². The number of rotatable bonds is 7. The zero-order chi connectivity index (χ0) is 17.2. The molecule has 5 nitrogen and oxygen atoms in total. The number of nitrogens with zero attached hydrogens (tertiary/aromatic N) is 2. The largest absolute Gasteiger partial charge is 0.508 e. The third-order valence-electron chi connectivity index (χ3n) is 4.56. The van der Waals surface area contributed by atoms with Crippen molar-refractivity contribution in [1.82, 2.24) is 15.5 Å². The fourth-order valence-corrected chi connectivity index (χ4v) is 3.09. The topological polar surface area (TPSA) is 59.9 Å². The van der Waals surface area contributed by atoms with Crippen LogP contribution in [0.15, 0.2) is 29.3 Å². The lowest BCUT2D eigenvalue weighted by Gasteiger charge is -2.33. The summed E-state index contributed by atoms with van der Waals surface area (Å²) in [4.78, 5) is 7.21. The van der Waals surface area contributed by atoms with Crippen molar-refractivity contribution >= 4 is 5.96 Å². The van der Waals surface area contributed by atoms with E-state index >= 15 is 0 Å². The van der Waals surface area contributed by atoms with Gasteiger partial charge in [-0.2, -0.15) is 0 Å². The normalized spacial score (nSPS) is 19.2. The minimum absolute atomic E-state index is 0.291. The van der Waals surface area contributed by atoms with E-state index in [2.05, 4.69) is 34.4 Å². The average molecular weight is 332 g/mol. The molecular weight excluding hydrogens is 300 g/mol. The molecule has 1 aliphatic heterocycles. The van der Waals surface area contributed by atoms with E-state index in [1.54, 1.807) is 12.1 Å². The number of hydrogen-bond acceptors (Lipinski definition) is 3. The van der Waals surface area contributed by atoms with E-state index in [-0.39, 0.29) is 0 Å². The molecule has 1 saturated heterocycles. The molecule has 1 aromatic rings. The van der Waals surface area contributed by atoms with Gasteiger partial charge in [0, 0.05) is 25.7 Å². The summed E-state index contributed by atoms with van der Waals surface area (Å²) in [7, 11) is 0. The third-order valence-corrected chi connectivity index (χ3v) is 4.56. The molecule has 1 aromatic carbocycles. The molecular formula is C19H32N4O. The molecule has 24 heavy (non-hydrogen) atoms. The first kappa shape index (κ1) is 18.6. The Morgan fingerprint density at radius 2 is 2.04 bits per heavy atom. The Kier molecular flexibility index (Phi) is 7.89. The summed E-state index contributed by atoms with van der Waals surface area (Å²) in [6, 6.07) is 7.94. The van der Waals surface area contributed by atoms with Gasteiger partial charge in [0.15, 0.2) is 5.96 Å². The van der Waals surface area contributed by atoms with Gasteiger partial charge in [0.2, 0.25) is 0 Å². The zero-order valence-corrected chi connectivity index (χ0v) is 15.1. The van der Waals surface area contributed by atoms with Crippen LogP contribution in [0.5, 0.6) is 5.75 Å². The number of phenolic OH excluding ortho intramolecular Hbond substituents is 1. The lowest BCUT2D eigenvalue weighted by Crippen LogP contribution is -2.41.